The molecule has 0 aromatic carbocycles. The van der Waals surface area contributed by atoms with E-state index in [1.807, 2.05) is 11.9 Å². The molecule has 2 N–H and O–H groups in total. The zero-order valence-corrected chi connectivity index (χ0v) is 9.85. The highest BCUT2D eigenvalue weighted by Gasteiger charge is 2.31. The Morgan fingerprint density at radius 3 is 2.94 bits per heavy atom. The molecule has 0 bridgehead atoms. The maximum Gasteiger partial charge on any atom is 0.266 e. The second-order valence-electron chi connectivity index (χ2n) is 4.50. The molecule has 6 nitrogen and oxygen atoms in total. The third kappa shape index (κ3) is 3.04. The second kappa shape index (κ2) is 4.85. The number of aromatic nitrogens is 2. The summed E-state index contributed by atoms with van der Waals surface area (Å²) >= 11 is 0. The van der Waals surface area contributed by atoms with Crippen LogP contribution in [0.2, 0.25) is 0 Å². The molecule has 0 amide bonds. The van der Waals surface area contributed by atoms with Crippen molar-refractivity contribution < 1.29 is 9.84 Å². The van der Waals surface area contributed by atoms with Crippen molar-refractivity contribution in [3.8, 4) is 0 Å². The molecule has 17 heavy (non-hydrogen) atoms. The minimum Gasteiger partial charge on any atom is -0.388 e. The number of ether oxygens (including phenoxy) is 1. The van der Waals surface area contributed by atoms with Gasteiger partial charge in [-0.2, -0.15) is 5.10 Å². The van der Waals surface area contributed by atoms with Crippen molar-refractivity contribution in [2.75, 3.05) is 31.7 Å². The lowest BCUT2D eigenvalue weighted by atomic mass is 9.94. The summed E-state index contributed by atoms with van der Waals surface area (Å²) in [5.74, 6) is 0. The molecule has 0 aliphatic carbocycles. The molecule has 1 aromatic rings. The maximum absolute atomic E-state index is 11.1. The summed E-state index contributed by atoms with van der Waals surface area (Å²) in [4.78, 5) is 13.0. The van der Waals surface area contributed by atoms with Crippen molar-refractivity contribution in [1.29, 1.82) is 0 Å². The highest BCUT2D eigenvalue weighted by atomic mass is 16.5. The Morgan fingerprint density at radius 2 is 2.29 bits per heavy atom. The molecule has 6 heteroatoms. The topological polar surface area (TPSA) is 78.5 Å². The fourth-order valence-electron chi connectivity index (χ4n) is 2.02. The van der Waals surface area contributed by atoms with E-state index in [1.165, 1.54) is 6.07 Å². The van der Waals surface area contributed by atoms with Crippen LogP contribution in [0.1, 0.15) is 12.8 Å². The van der Waals surface area contributed by atoms with Crippen LogP contribution < -0.4 is 10.5 Å². The van der Waals surface area contributed by atoms with Gasteiger partial charge in [0.15, 0.2) is 0 Å². The molecule has 94 valence electrons. The van der Waals surface area contributed by atoms with Crippen LogP contribution in [-0.4, -0.2) is 47.7 Å². The molecule has 0 saturated carbocycles. The van der Waals surface area contributed by atoms with Gasteiger partial charge < -0.3 is 14.7 Å². The molecular formula is C11H17N3O3. The fraction of sp³-hybridized carbons (Fsp3) is 0.636. The SMILES string of the molecule is CN(CC1(O)CCOCC1)c1cn[nH]c(=O)c1. The van der Waals surface area contributed by atoms with E-state index in [1.54, 1.807) is 6.20 Å². The number of hydrogen-bond donors (Lipinski definition) is 2. The number of likely N-dealkylation sites (N-methyl/N-ethyl adjacent to an activating group) is 1. The molecular weight excluding hydrogens is 222 g/mol. The van der Waals surface area contributed by atoms with Gasteiger partial charge in [-0.25, -0.2) is 5.10 Å². The molecule has 1 aliphatic heterocycles. The summed E-state index contributed by atoms with van der Waals surface area (Å²) in [6.07, 6.45) is 2.81. The van der Waals surface area contributed by atoms with Gasteiger partial charge in [0.1, 0.15) is 0 Å². The summed E-state index contributed by atoms with van der Waals surface area (Å²) in [5.41, 5.74) is -0.280. The van der Waals surface area contributed by atoms with Crippen molar-refractivity contribution in [3.05, 3.63) is 22.6 Å². The van der Waals surface area contributed by atoms with Crippen LogP contribution in [0.4, 0.5) is 5.69 Å². The summed E-state index contributed by atoms with van der Waals surface area (Å²) in [7, 11) is 1.84. The molecule has 2 heterocycles. The van der Waals surface area contributed by atoms with Crippen molar-refractivity contribution >= 4 is 5.69 Å². The van der Waals surface area contributed by atoms with E-state index in [0.717, 1.165) is 0 Å². The molecule has 1 fully saturated rings. The summed E-state index contributed by atoms with van der Waals surface area (Å²) in [6.45, 7) is 1.64. The monoisotopic (exact) mass is 239 g/mol. The normalized spacial score (nSPS) is 18.9. The molecule has 0 spiro atoms. The first-order valence-corrected chi connectivity index (χ1v) is 5.65. The minimum absolute atomic E-state index is 0.242. The number of H-pyrrole nitrogens is 1. The average Bonchev–Trinajstić information content (AvgIpc) is 2.29. The molecule has 0 unspecified atom stereocenters. The van der Waals surface area contributed by atoms with Crippen LogP contribution in [-0.2, 0) is 4.74 Å². The van der Waals surface area contributed by atoms with Crippen LogP contribution in [0.25, 0.3) is 0 Å². The van der Waals surface area contributed by atoms with Gasteiger partial charge in [0, 0.05) is 45.7 Å². The van der Waals surface area contributed by atoms with E-state index in [-0.39, 0.29) is 5.56 Å². The first-order chi connectivity index (χ1) is 8.09. The lowest BCUT2D eigenvalue weighted by Gasteiger charge is -2.36. The van der Waals surface area contributed by atoms with Gasteiger partial charge >= 0.3 is 0 Å². The van der Waals surface area contributed by atoms with Crippen LogP contribution in [0.3, 0.4) is 0 Å². The van der Waals surface area contributed by atoms with E-state index in [9.17, 15) is 9.90 Å². The third-order valence-electron chi connectivity index (χ3n) is 3.05. The fourth-order valence-corrected chi connectivity index (χ4v) is 2.02. The average molecular weight is 239 g/mol. The maximum atomic E-state index is 11.1. The molecule has 1 aliphatic rings. The van der Waals surface area contributed by atoms with Gasteiger partial charge in [0.05, 0.1) is 17.5 Å². The van der Waals surface area contributed by atoms with Gasteiger partial charge in [-0.1, -0.05) is 0 Å². The molecule has 0 atom stereocenters. The molecule has 1 aromatic heterocycles. The second-order valence-corrected chi connectivity index (χ2v) is 4.50. The first kappa shape index (κ1) is 12.1. The Kier molecular flexibility index (Phi) is 3.44. The predicted molar refractivity (Wildman–Crippen MR) is 63.1 cm³/mol. The number of anilines is 1. The van der Waals surface area contributed by atoms with Crippen LogP contribution in [0, 0.1) is 0 Å². The molecule has 2 rings (SSSR count). The van der Waals surface area contributed by atoms with E-state index in [2.05, 4.69) is 10.2 Å². The van der Waals surface area contributed by atoms with Crippen LogP contribution in [0.15, 0.2) is 17.1 Å². The Balaban J connectivity index is 2.05. The largest absolute Gasteiger partial charge is 0.388 e. The number of nitrogens with zero attached hydrogens (tertiary/aromatic N) is 2. The number of aromatic amines is 1. The summed E-state index contributed by atoms with van der Waals surface area (Å²) < 4.78 is 5.23. The Bertz CT molecular complexity index is 426. The quantitative estimate of drug-likeness (QED) is 0.760. The zero-order chi connectivity index (χ0) is 12.3. The highest BCUT2D eigenvalue weighted by Crippen LogP contribution is 2.23. The van der Waals surface area contributed by atoms with E-state index in [4.69, 9.17) is 4.74 Å². The predicted octanol–water partition coefficient (Wildman–Crippen LogP) is -0.252. The van der Waals surface area contributed by atoms with E-state index >= 15 is 0 Å². The lowest BCUT2D eigenvalue weighted by molar-refractivity contribution is -0.0572. The van der Waals surface area contributed by atoms with Gasteiger partial charge in [0.2, 0.25) is 0 Å². The van der Waals surface area contributed by atoms with E-state index < -0.39 is 5.60 Å². The summed E-state index contributed by atoms with van der Waals surface area (Å²) in [5, 5.41) is 16.4. The first-order valence-electron chi connectivity index (χ1n) is 5.65. The van der Waals surface area contributed by atoms with Crippen molar-refractivity contribution in [1.82, 2.24) is 10.2 Å². The van der Waals surface area contributed by atoms with Crippen LogP contribution >= 0.6 is 0 Å². The van der Waals surface area contributed by atoms with E-state index in [0.29, 0.717) is 38.3 Å². The Morgan fingerprint density at radius 1 is 1.59 bits per heavy atom. The van der Waals surface area contributed by atoms with Gasteiger partial charge in [0.25, 0.3) is 5.56 Å². The number of aliphatic hydroxyl groups is 1. The number of nitrogens with one attached hydrogen (secondary N) is 1. The number of rotatable bonds is 3. The van der Waals surface area contributed by atoms with Gasteiger partial charge in [-0.05, 0) is 0 Å². The summed E-state index contributed by atoms with van der Waals surface area (Å²) in [6, 6.07) is 1.47. The van der Waals surface area contributed by atoms with Gasteiger partial charge in [-0.15, -0.1) is 0 Å². The smallest absolute Gasteiger partial charge is 0.266 e. The standard InChI is InChI=1S/C11H17N3O3/c1-14(9-6-10(15)13-12-7-9)8-11(16)2-4-17-5-3-11/h6-7,16H,2-5,8H2,1H3,(H,13,15). The molecule has 1 saturated heterocycles. The third-order valence-corrected chi connectivity index (χ3v) is 3.05. The van der Waals surface area contributed by atoms with Crippen molar-refractivity contribution in [2.45, 2.75) is 18.4 Å². The zero-order valence-electron chi connectivity index (χ0n) is 9.85. The van der Waals surface area contributed by atoms with Crippen LogP contribution in [0.5, 0.6) is 0 Å². The van der Waals surface area contributed by atoms with Crippen molar-refractivity contribution in [3.63, 3.8) is 0 Å². The number of hydrogen-bond acceptors (Lipinski definition) is 5. The highest BCUT2D eigenvalue weighted by molar-refractivity contribution is 5.42. The molecule has 0 radical (unpaired) electrons. The Hall–Kier alpha value is -1.40. The van der Waals surface area contributed by atoms with Gasteiger partial charge in [-0.3, -0.25) is 4.79 Å². The van der Waals surface area contributed by atoms with Crippen molar-refractivity contribution in [2.24, 2.45) is 0 Å². The minimum atomic E-state index is -0.740. The lowest BCUT2D eigenvalue weighted by Crippen LogP contribution is -2.46. The Labute approximate surface area is 99.2 Å².